The van der Waals surface area contributed by atoms with E-state index in [-0.39, 0.29) is 0 Å². The molecular formula is C12H22N. The van der Waals surface area contributed by atoms with Gasteiger partial charge in [-0.15, -0.1) is 0 Å². The van der Waals surface area contributed by atoms with Crippen molar-refractivity contribution in [2.75, 3.05) is 13.1 Å². The number of hydrogen-bond acceptors (Lipinski definition) is 1. The molecule has 1 nitrogen and oxygen atoms in total. The zero-order valence-corrected chi connectivity index (χ0v) is 8.89. The number of nitrogens with zero attached hydrogens (tertiary/aromatic N) is 1. The van der Waals surface area contributed by atoms with E-state index in [9.17, 15) is 0 Å². The van der Waals surface area contributed by atoms with Gasteiger partial charge in [0.15, 0.2) is 0 Å². The SMILES string of the molecule is CC1(N2CC[CH]CC2)CCCCC1. The van der Waals surface area contributed by atoms with Crippen molar-refractivity contribution >= 4 is 0 Å². The van der Waals surface area contributed by atoms with Crippen LogP contribution in [0.25, 0.3) is 0 Å². The molecule has 2 fully saturated rings. The van der Waals surface area contributed by atoms with E-state index in [0.29, 0.717) is 5.54 Å². The van der Waals surface area contributed by atoms with Crippen LogP contribution in [-0.4, -0.2) is 23.5 Å². The van der Waals surface area contributed by atoms with Crippen LogP contribution in [0.4, 0.5) is 0 Å². The fourth-order valence-corrected chi connectivity index (χ4v) is 2.92. The molecule has 1 aliphatic carbocycles. The highest BCUT2D eigenvalue weighted by Crippen LogP contribution is 2.34. The van der Waals surface area contributed by atoms with E-state index in [1.165, 1.54) is 58.0 Å². The van der Waals surface area contributed by atoms with Crippen molar-refractivity contribution in [1.29, 1.82) is 0 Å². The van der Waals surface area contributed by atoms with Crippen LogP contribution in [0.5, 0.6) is 0 Å². The van der Waals surface area contributed by atoms with Crippen molar-refractivity contribution in [3.8, 4) is 0 Å². The largest absolute Gasteiger partial charge is 0.298 e. The first-order chi connectivity index (χ1) is 6.31. The van der Waals surface area contributed by atoms with Crippen molar-refractivity contribution in [3.05, 3.63) is 6.42 Å². The van der Waals surface area contributed by atoms with Crippen molar-refractivity contribution in [3.63, 3.8) is 0 Å². The average molecular weight is 180 g/mol. The molecule has 2 aliphatic rings. The Balaban J connectivity index is 1.94. The summed E-state index contributed by atoms with van der Waals surface area (Å²) in [6.45, 7) is 5.12. The normalized spacial score (nSPS) is 30.2. The van der Waals surface area contributed by atoms with Gasteiger partial charge in [0.2, 0.25) is 0 Å². The molecular weight excluding hydrogens is 158 g/mol. The molecule has 2 rings (SSSR count). The highest BCUT2D eigenvalue weighted by Gasteiger charge is 2.33. The zero-order chi connectivity index (χ0) is 9.15. The quantitative estimate of drug-likeness (QED) is 0.599. The van der Waals surface area contributed by atoms with E-state index >= 15 is 0 Å². The first kappa shape index (κ1) is 9.51. The molecule has 0 spiro atoms. The Morgan fingerprint density at radius 2 is 1.62 bits per heavy atom. The molecule has 0 unspecified atom stereocenters. The molecule has 13 heavy (non-hydrogen) atoms. The summed E-state index contributed by atoms with van der Waals surface area (Å²) >= 11 is 0. The molecule has 1 heterocycles. The molecule has 0 amide bonds. The van der Waals surface area contributed by atoms with Gasteiger partial charge in [0.1, 0.15) is 0 Å². The summed E-state index contributed by atoms with van der Waals surface area (Å²) in [6.07, 6.45) is 12.3. The topological polar surface area (TPSA) is 3.24 Å². The van der Waals surface area contributed by atoms with Crippen molar-refractivity contribution in [2.45, 2.75) is 57.4 Å². The maximum Gasteiger partial charge on any atom is 0.0181 e. The van der Waals surface area contributed by atoms with Crippen LogP contribution < -0.4 is 0 Å². The highest BCUT2D eigenvalue weighted by atomic mass is 15.2. The standard InChI is InChI=1S/C12H22N/c1-12(8-4-2-5-9-12)13-10-6-3-7-11-13/h3H,2,4-11H2,1H3. The van der Waals surface area contributed by atoms with Gasteiger partial charge in [-0.05, 0) is 52.1 Å². The molecule has 1 saturated carbocycles. The van der Waals surface area contributed by atoms with Gasteiger partial charge in [0.05, 0.1) is 0 Å². The van der Waals surface area contributed by atoms with Gasteiger partial charge in [-0.25, -0.2) is 0 Å². The van der Waals surface area contributed by atoms with Gasteiger partial charge in [-0.3, -0.25) is 4.90 Å². The third-order valence-corrected chi connectivity index (χ3v) is 3.90. The Labute approximate surface area is 82.5 Å². The van der Waals surface area contributed by atoms with Crippen LogP contribution in [0.2, 0.25) is 0 Å². The average Bonchev–Trinajstić information content (AvgIpc) is 2.20. The van der Waals surface area contributed by atoms with E-state index in [4.69, 9.17) is 0 Å². The second-order valence-corrected chi connectivity index (χ2v) is 4.91. The van der Waals surface area contributed by atoms with Crippen molar-refractivity contribution in [1.82, 2.24) is 4.90 Å². The van der Waals surface area contributed by atoms with Crippen LogP contribution in [0, 0.1) is 6.42 Å². The van der Waals surface area contributed by atoms with E-state index < -0.39 is 0 Å². The third-order valence-electron chi connectivity index (χ3n) is 3.90. The molecule has 0 bridgehead atoms. The molecule has 1 heteroatoms. The maximum atomic E-state index is 2.74. The van der Waals surface area contributed by atoms with Crippen LogP contribution in [-0.2, 0) is 0 Å². The Morgan fingerprint density at radius 1 is 1.00 bits per heavy atom. The molecule has 1 radical (unpaired) electrons. The minimum absolute atomic E-state index is 0.562. The van der Waals surface area contributed by atoms with Gasteiger partial charge in [-0.2, -0.15) is 0 Å². The summed E-state index contributed by atoms with van der Waals surface area (Å²) < 4.78 is 0. The first-order valence-corrected chi connectivity index (χ1v) is 5.88. The van der Waals surface area contributed by atoms with Gasteiger partial charge >= 0.3 is 0 Å². The van der Waals surface area contributed by atoms with Gasteiger partial charge in [0, 0.05) is 5.54 Å². The summed E-state index contributed by atoms with van der Waals surface area (Å²) in [5, 5.41) is 0. The molecule has 0 atom stereocenters. The highest BCUT2D eigenvalue weighted by molar-refractivity contribution is 4.92. The lowest BCUT2D eigenvalue weighted by Crippen LogP contribution is -2.49. The Hall–Kier alpha value is -0.0400. The molecule has 75 valence electrons. The zero-order valence-electron chi connectivity index (χ0n) is 8.89. The molecule has 0 aromatic carbocycles. The number of rotatable bonds is 1. The van der Waals surface area contributed by atoms with Crippen molar-refractivity contribution in [2.24, 2.45) is 0 Å². The lowest BCUT2D eigenvalue weighted by atomic mass is 9.81. The van der Waals surface area contributed by atoms with Crippen LogP contribution in [0.3, 0.4) is 0 Å². The van der Waals surface area contributed by atoms with Gasteiger partial charge in [0.25, 0.3) is 0 Å². The van der Waals surface area contributed by atoms with E-state index in [1.54, 1.807) is 0 Å². The Bertz CT molecular complexity index is 153. The summed E-state index contributed by atoms with van der Waals surface area (Å²) in [5.41, 5.74) is 0.562. The number of hydrogen-bond donors (Lipinski definition) is 0. The predicted molar refractivity (Wildman–Crippen MR) is 56.6 cm³/mol. The van der Waals surface area contributed by atoms with Crippen LogP contribution in [0.15, 0.2) is 0 Å². The monoisotopic (exact) mass is 180 g/mol. The molecule has 0 aromatic rings. The summed E-state index contributed by atoms with van der Waals surface area (Å²) in [4.78, 5) is 2.74. The predicted octanol–water partition coefficient (Wildman–Crippen LogP) is 3.01. The fourth-order valence-electron chi connectivity index (χ4n) is 2.92. The second-order valence-electron chi connectivity index (χ2n) is 4.91. The van der Waals surface area contributed by atoms with E-state index in [2.05, 4.69) is 18.2 Å². The fraction of sp³-hybridized carbons (Fsp3) is 0.917. The maximum absolute atomic E-state index is 2.74. The lowest BCUT2D eigenvalue weighted by Gasteiger charge is -2.46. The molecule has 0 aromatic heterocycles. The lowest BCUT2D eigenvalue weighted by molar-refractivity contribution is 0.0577. The third kappa shape index (κ3) is 2.07. The minimum atomic E-state index is 0.562. The Kier molecular flexibility index (Phi) is 2.92. The van der Waals surface area contributed by atoms with Crippen LogP contribution >= 0.6 is 0 Å². The Morgan fingerprint density at radius 3 is 2.23 bits per heavy atom. The van der Waals surface area contributed by atoms with Crippen LogP contribution in [0.1, 0.15) is 51.9 Å². The second kappa shape index (κ2) is 4.00. The number of likely N-dealkylation sites (tertiary alicyclic amines) is 1. The van der Waals surface area contributed by atoms with E-state index in [0.717, 1.165) is 0 Å². The smallest absolute Gasteiger partial charge is 0.0181 e. The summed E-state index contributed by atoms with van der Waals surface area (Å²) in [7, 11) is 0. The summed E-state index contributed by atoms with van der Waals surface area (Å²) in [6, 6.07) is 0. The van der Waals surface area contributed by atoms with Gasteiger partial charge < -0.3 is 0 Å². The molecule has 1 saturated heterocycles. The minimum Gasteiger partial charge on any atom is -0.298 e. The number of piperidine rings is 1. The summed E-state index contributed by atoms with van der Waals surface area (Å²) in [5.74, 6) is 0. The molecule has 1 aliphatic heterocycles. The van der Waals surface area contributed by atoms with Crippen molar-refractivity contribution < 1.29 is 0 Å². The van der Waals surface area contributed by atoms with E-state index in [1.807, 2.05) is 0 Å². The van der Waals surface area contributed by atoms with Gasteiger partial charge in [-0.1, -0.05) is 19.3 Å². The first-order valence-electron chi connectivity index (χ1n) is 5.88. The molecule has 0 N–H and O–H groups in total.